The zero-order valence-corrected chi connectivity index (χ0v) is 17.1. The molecule has 0 aliphatic carbocycles. The first-order chi connectivity index (χ1) is 13.4. The maximum absolute atomic E-state index is 12.8. The van der Waals surface area contributed by atoms with Crippen molar-refractivity contribution >= 4 is 33.2 Å². The van der Waals surface area contributed by atoms with Crippen LogP contribution in [0, 0.1) is 0 Å². The minimum Gasteiger partial charge on any atom is -0.486 e. The first-order valence-corrected chi connectivity index (χ1v) is 10.7. The van der Waals surface area contributed by atoms with Crippen LogP contribution in [0.15, 0.2) is 41.3 Å². The fraction of sp³-hybridized carbons (Fsp3) is 0.316. The molecule has 0 atom stereocenters. The topological polar surface area (TPSA) is 84.9 Å². The molecule has 1 aliphatic heterocycles. The maximum atomic E-state index is 12.8. The van der Waals surface area contributed by atoms with Gasteiger partial charge in [0, 0.05) is 24.3 Å². The predicted molar refractivity (Wildman–Crippen MR) is 107 cm³/mol. The number of carbonyl (C=O) groups is 1. The van der Waals surface area contributed by atoms with E-state index in [1.165, 1.54) is 16.4 Å². The van der Waals surface area contributed by atoms with Crippen LogP contribution in [0.1, 0.15) is 24.2 Å². The highest BCUT2D eigenvalue weighted by Crippen LogP contribution is 2.31. The molecule has 2 aromatic carbocycles. The average Bonchev–Trinajstić information content (AvgIpc) is 2.69. The van der Waals surface area contributed by atoms with Crippen LogP contribution in [-0.4, -0.2) is 44.9 Å². The average molecular weight is 425 g/mol. The molecule has 0 saturated heterocycles. The minimum atomic E-state index is -3.75. The molecule has 0 radical (unpaired) electrons. The van der Waals surface area contributed by atoms with Gasteiger partial charge in [-0.15, -0.1) is 0 Å². The van der Waals surface area contributed by atoms with Crippen LogP contribution in [0.25, 0.3) is 0 Å². The lowest BCUT2D eigenvalue weighted by molar-refractivity contribution is 0.102. The Bertz CT molecular complexity index is 990. The molecule has 1 aliphatic rings. The molecule has 2 aromatic rings. The molecule has 0 aromatic heterocycles. The molecule has 9 heteroatoms. The fourth-order valence-electron chi connectivity index (χ4n) is 2.87. The van der Waals surface area contributed by atoms with Gasteiger partial charge in [-0.1, -0.05) is 25.4 Å². The van der Waals surface area contributed by atoms with Crippen molar-refractivity contribution in [1.29, 1.82) is 0 Å². The van der Waals surface area contributed by atoms with Crippen molar-refractivity contribution in [2.24, 2.45) is 0 Å². The molecule has 0 fully saturated rings. The van der Waals surface area contributed by atoms with Crippen LogP contribution in [0.5, 0.6) is 11.5 Å². The number of sulfonamides is 1. The molecule has 0 saturated carbocycles. The van der Waals surface area contributed by atoms with E-state index in [1.54, 1.807) is 38.1 Å². The van der Waals surface area contributed by atoms with Crippen molar-refractivity contribution in [2.45, 2.75) is 18.7 Å². The molecule has 0 unspecified atom stereocenters. The molecule has 1 N–H and O–H groups in total. The minimum absolute atomic E-state index is 0.0437. The SMILES string of the molecule is CCN(CC)S(=O)(=O)c1cc(NC(=O)c2ccc3c(c2)OCCO3)ccc1Cl. The summed E-state index contributed by atoms with van der Waals surface area (Å²) in [6.07, 6.45) is 0. The zero-order valence-electron chi connectivity index (χ0n) is 15.6. The highest BCUT2D eigenvalue weighted by atomic mass is 35.5. The Morgan fingerprint density at radius 2 is 1.75 bits per heavy atom. The van der Waals surface area contributed by atoms with E-state index < -0.39 is 15.9 Å². The molecule has 3 rings (SSSR count). The summed E-state index contributed by atoms with van der Waals surface area (Å²) >= 11 is 6.12. The Labute approximate surface area is 169 Å². The lowest BCUT2D eigenvalue weighted by Gasteiger charge is -2.20. The number of benzene rings is 2. The number of hydrogen-bond acceptors (Lipinski definition) is 5. The summed E-state index contributed by atoms with van der Waals surface area (Å²) in [5.74, 6) is 0.687. The highest BCUT2D eigenvalue weighted by Gasteiger charge is 2.25. The van der Waals surface area contributed by atoms with Gasteiger partial charge in [-0.2, -0.15) is 4.31 Å². The van der Waals surface area contributed by atoms with E-state index in [-0.39, 0.29) is 9.92 Å². The summed E-state index contributed by atoms with van der Waals surface area (Å²) in [5, 5.41) is 2.80. The van der Waals surface area contributed by atoms with E-state index in [9.17, 15) is 13.2 Å². The van der Waals surface area contributed by atoms with Crippen LogP contribution in [0.3, 0.4) is 0 Å². The monoisotopic (exact) mass is 424 g/mol. The summed E-state index contributed by atoms with van der Waals surface area (Å²) in [6, 6.07) is 9.25. The maximum Gasteiger partial charge on any atom is 0.255 e. The number of rotatable bonds is 6. The number of nitrogens with zero attached hydrogens (tertiary/aromatic N) is 1. The van der Waals surface area contributed by atoms with Gasteiger partial charge < -0.3 is 14.8 Å². The van der Waals surface area contributed by atoms with Gasteiger partial charge in [0.2, 0.25) is 10.0 Å². The van der Waals surface area contributed by atoms with Crippen LogP contribution in [0.4, 0.5) is 5.69 Å². The van der Waals surface area contributed by atoms with Crippen molar-refractivity contribution in [2.75, 3.05) is 31.6 Å². The number of ether oxygens (including phenoxy) is 2. The number of amides is 1. The number of nitrogens with one attached hydrogen (secondary N) is 1. The van der Waals surface area contributed by atoms with Gasteiger partial charge in [0.25, 0.3) is 5.91 Å². The summed E-state index contributed by atoms with van der Waals surface area (Å²) in [4.78, 5) is 12.5. The Morgan fingerprint density at radius 3 is 2.43 bits per heavy atom. The Morgan fingerprint density at radius 1 is 1.07 bits per heavy atom. The quantitative estimate of drug-likeness (QED) is 0.768. The second-order valence-electron chi connectivity index (χ2n) is 6.05. The second kappa shape index (κ2) is 8.38. The van der Waals surface area contributed by atoms with Crippen molar-refractivity contribution < 1.29 is 22.7 Å². The zero-order chi connectivity index (χ0) is 20.3. The van der Waals surface area contributed by atoms with E-state index in [2.05, 4.69) is 5.32 Å². The molecule has 0 spiro atoms. The third-order valence-electron chi connectivity index (χ3n) is 4.32. The summed E-state index contributed by atoms with van der Waals surface area (Å²) in [5.41, 5.74) is 0.697. The first-order valence-electron chi connectivity index (χ1n) is 8.87. The largest absolute Gasteiger partial charge is 0.486 e. The van der Waals surface area contributed by atoms with Gasteiger partial charge in [0.15, 0.2) is 11.5 Å². The van der Waals surface area contributed by atoms with Crippen LogP contribution in [-0.2, 0) is 10.0 Å². The number of hydrogen-bond donors (Lipinski definition) is 1. The molecule has 28 heavy (non-hydrogen) atoms. The predicted octanol–water partition coefficient (Wildman–Crippen LogP) is 3.39. The Hall–Kier alpha value is -2.29. The molecule has 7 nitrogen and oxygen atoms in total. The summed E-state index contributed by atoms with van der Waals surface area (Å²) in [7, 11) is -3.75. The van der Waals surface area contributed by atoms with E-state index >= 15 is 0 Å². The number of anilines is 1. The van der Waals surface area contributed by atoms with Gasteiger partial charge in [-0.05, 0) is 36.4 Å². The molecular formula is C19H21ClN2O5S. The standard InChI is InChI=1S/C19H21ClN2O5S/c1-3-22(4-2)28(24,25)18-12-14(6-7-15(18)20)21-19(23)13-5-8-16-17(11-13)27-10-9-26-16/h5-8,11-12H,3-4,9-10H2,1-2H3,(H,21,23). The van der Waals surface area contributed by atoms with Gasteiger partial charge in [-0.25, -0.2) is 8.42 Å². The lowest BCUT2D eigenvalue weighted by Crippen LogP contribution is -2.30. The van der Waals surface area contributed by atoms with Gasteiger partial charge in [0.1, 0.15) is 18.1 Å². The van der Waals surface area contributed by atoms with Crippen LogP contribution >= 0.6 is 11.6 Å². The first kappa shape index (κ1) is 20.4. The summed E-state index contributed by atoms with van der Waals surface area (Å²) < 4.78 is 37.8. The van der Waals surface area contributed by atoms with E-state index in [0.29, 0.717) is 49.1 Å². The van der Waals surface area contributed by atoms with Crippen LogP contribution in [0.2, 0.25) is 5.02 Å². The third-order valence-corrected chi connectivity index (χ3v) is 6.85. The molecule has 1 amide bonds. The van der Waals surface area contributed by atoms with Crippen molar-refractivity contribution in [1.82, 2.24) is 4.31 Å². The van der Waals surface area contributed by atoms with Gasteiger partial charge in [-0.3, -0.25) is 4.79 Å². The Kier molecular flexibility index (Phi) is 6.12. The van der Waals surface area contributed by atoms with E-state index in [1.807, 2.05) is 0 Å². The van der Waals surface area contributed by atoms with Gasteiger partial charge >= 0.3 is 0 Å². The van der Waals surface area contributed by atoms with E-state index in [4.69, 9.17) is 21.1 Å². The van der Waals surface area contributed by atoms with Crippen LogP contribution < -0.4 is 14.8 Å². The third kappa shape index (κ3) is 4.09. The lowest BCUT2D eigenvalue weighted by atomic mass is 10.1. The number of carbonyl (C=O) groups excluding carboxylic acids is 1. The fourth-order valence-corrected chi connectivity index (χ4v) is 4.83. The molecule has 0 bridgehead atoms. The van der Waals surface area contributed by atoms with Crippen molar-refractivity contribution in [3.63, 3.8) is 0 Å². The molecular weight excluding hydrogens is 404 g/mol. The Balaban J connectivity index is 1.86. The summed E-state index contributed by atoms with van der Waals surface area (Å²) in [6.45, 7) is 5.03. The smallest absolute Gasteiger partial charge is 0.255 e. The van der Waals surface area contributed by atoms with Crippen molar-refractivity contribution in [3.8, 4) is 11.5 Å². The molecule has 150 valence electrons. The van der Waals surface area contributed by atoms with E-state index in [0.717, 1.165) is 0 Å². The van der Waals surface area contributed by atoms with Crippen molar-refractivity contribution in [3.05, 3.63) is 47.0 Å². The normalized spacial score (nSPS) is 13.4. The number of fused-ring (bicyclic) bond motifs is 1. The van der Waals surface area contributed by atoms with Gasteiger partial charge in [0.05, 0.1) is 5.02 Å². The second-order valence-corrected chi connectivity index (χ2v) is 8.36. The molecule has 1 heterocycles. The number of halogens is 1. The highest BCUT2D eigenvalue weighted by molar-refractivity contribution is 7.89.